The minimum atomic E-state index is -1.65. The molecule has 0 aliphatic carbocycles. The van der Waals surface area contributed by atoms with E-state index in [1.54, 1.807) is 12.1 Å². The van der Waals surface area contributed by atoms with Crippen molar-refractivity contribution in [2.24, 2.45) is 0 Å². The monoisotopic (exact) mass is 545 g/mol. The van der Waals surface area contributed by atoms with E-state index in [-0.39, 0.29) is 28.1 Å². The molecule has 3 rings (SSSR count). The van der Waals surface area contributed by atoms with Gasteiger partial charge in [0.2, 0.25) is 0 Å². The highest BCUT2D eigenvalue weighted by Crippen LogP contribution is 2.41. The van der Waals surface area contributed by atoms with Gasteiger partial charge in [0.25, 0.3) is 11.5 Å². The second kappa shape index (κ2) is 10.3. The van der Waals surface area contributed by atoms with Crippen molar-refractivity contribution in [3.8, 4) is 22.6 Å². The van der Waals surface area contributed by atoms with Crippen molar-refractivity contribution < 1.29 is 34.1 Å². The van der Waals surface area contributed by atoms with Gasteiger partial charge in [-0.1, -0.05) is 34.1 Å². The van der Waals surface area contributed by atoms with Gasteiger partial charge in [-0.3, -0.25) is 9.59 Å². The van der Waals surface area contributed by atoms with E-state index in [0.29, 0.717) is 5.69 Å². The van der Waals surface area contributed by atoms with Crippen LogP contribution in [0, 0.1) is 6.92 Å². The summed E-state index contributed by atoms with van der Waals surface area (Å²) in [5.41, 5.74) is 4.28. The predicted molar refractivity (Wildman–Crippen MR) is 130 cm³/mol. The van der Waals surface area contributed by atoms with Crippen molar-refractivity contribution in [1.82, 2.24) is 4.98 Å². The number of nitrogens with two attached hydrogens (primary N) is 1. The third-order valence-electron chi connectivity index (χ3n) is 4.97. The van der Waals surface area contributed by atoms with Gasteiger partial charge >= 0.3 is 11.9 Å². The topological polar surface area (TPSA) is 181 Å². The molecule has 1 heterocycles. The first-order valence-electron chi connectivity index (χ1n) is 9.93. The van der Waals surface area contributed by atoms with Gasteiger partial charge in [-0.05, 0) is 30.7 Å². The molecule has 6 N–H and O–H groups in total. The maximum absolute atomic E-state index is 12.4. The van der Waals surface area contributed by atoms with Crippen LogP contribution in [0.15, 0.2) is 45.7 Å². The number of para-hydroxylation sites is 1. The number of hydrogen-bond donors (Lipinski definition) is 5. The van der Waals surface area contributed by atoms with Crippen LogP contribution in [0.4, 0.5) is 11.5 Å². The second-order valence-corrected chi connectivity index (χ2v) is 8.09. The number of anilines is 2. The molecule has 0 saturated carbocycles. The lowest BCUT2D eigenvalue weighted by Crippen LogP contribution is -2.24. The lowest BCUT2D eigenvalue weighted by Gasteiger charge is -2.17. The lowest BCUT2D eigenvalue weighted by molar-refractivity contribution is -0.118. The van der Waals surface area contributed by atoms with E-state index >= 15 is 0 Å². The number of nitrogen functional groups attached to an aromatic ring is 1. The average molecular weight is 546 g/mol. The summed E-state index contributed by atoms with van der Waals surface area (Å²) in [6.45, 7) is 1.46. The number of amides is 1. The molecule has 1 amide bonds. The Bertz CT molecular complexity index is 1400. The molecule has 3 aromatic rings. The fraction of sp³-hybridized carbons (Fsp3) is 0.130. The predicted octanol–water partition coefficient (Wildman–Crippen LogP) is 3.12. The molecule has 12 heteroatoms. The van der Waals surface area contributed by atoms with Gasteiger partial charge < -0.3 is 35.7 Å². The Balaban J connectivity index is 2.02. The Morgan fingerprint density at radius 1 is 1.09 bits per heavy atom. The molecule has 0 fully saturated rings. The minimum absolute atomic E-state index is 0.00571. The minimum Gasteiger partial charge on any atom is -0.493 e. The molecule has 0 spiro atoms. The smallest absolute Gasteiger partial charge is 0.342 e. The number of aromatic carboxylic acids is 2. The number of pyridine rings is 1. The van der Waals surface area contributed by atoms with Gasteiger partial charge in [0.1, 0.15) is 16.9 Å². The van der Waals surface area contributed by atoms with Crippen LogP contribution in [0.25, 0.3) is 11.1 Å². The molecule has 1 aromatic heterocycles. The molecule has 0 atom stereocenters. The van der Waals surface area contributed by atoms with Gasteiger partial charge in [0.15, 0.2) is 18.1 Å². The van der Waals surface area contributed by atoms with Crippen LogP contribution in [0.5, 0.6) is 11.5 Å². The Hall–Kier alpha value is -4.32. The molecule has 11 nitrogen and oxygen atoms in total. The zero-order valence-corrected chi connectivity index (χ0v) is 20.1. The standard InChI is InChI=1S/C23H20BrN3O8/c1-10-5-3-4-6-13(10)26-16(28)9-35-15-8-12(24)11(7-14(15)34-2)17-18(22(30)31)20(25)27-21(29)19(17)23(32)33/h3-8H,9H2,1-2H3,(H,26,28)(H,30,31)(H,32,33)(H3,25,27,29). The van der Waals surface area contributed by atoms with Crippen molar-refractivity contribution in [3.05, 3.63) is 67.9 Å². The molecule has 0 saturated heterocycles. The molecular weight excluding hydrogens is 526 g/mol. The summed E-state index contributed by atoms with van der Waals surface area (Å²) in [4.78, 5) is 50.4. The summed E-state index contributed by atoms with van der Waals surface area (Å²) < 4.78 is 11.1. The summed E-state index contributed by atoms with van der Waals surface area (Å²) in [7, 11) is 1.30. The second-order valence-electron chi connectivity index (χ2n) is 7.24. The van der Waals surface area contributed by atoms with Crippen LogP contribution < -0.4 is 26.1 Å². The Morgan fingerprint density at radius 2 is 1.74 bits per heavy atom. The van der Waals surface area contributed by atoms with E-state index in [1.165, 1.54) is 19.2 Å². The molecule has 0 radical (unpaired) electrons. The number of carboxylic acid groups (broad SMARTS) is 2. The summed E-state index contributed by atoms with van der Waals surface area (Å²) in [6.07, 6.45) is 0. The number of aryl methyl sites for hydroxylation is 1. The number of H-pyrrole nitrogens is 1. The molecule has 182 valence electrons. The highest BCUT2D eigenvalue weighted by atomic mass is 79.9. The average Bonchev–Trinajstić information content (AvgIpc) is 2.78. The SMILES string of the molecule is COc1cc(-c2c(C(=O)O)c(N)[nH]c(=O)c2C(=O)O)c(Br)cc1OCC(=O)Nc1ccccc1C. The number of carbonyl (C=O) groups excluding carboxylic acids is 1. The third kappa shape index (κ3) is 5.27. The molecule has 0 aliphatic heterocycles. The maximum Gasteiger partial charge on any atom is 0.342 e. The zero-order valence-electron chi connectivity index (χ0n) is 18.5. The number of ether oxygens (including phenoxy) is 2. The highest BCUT2D eigenvalue weighted by Gasteiger charge is 2.28. The molecule has 0 unspecified atom stereocenters. The van der Waals surface area contributed by atoms with E-state index in [9.17, 15) is 29.4 Å². The number of carbonyl (C=O) groups is 3. The molecule has 2 aromatic carbocycles. The first-order valence-corrected chi connectivity index (χ1v) is 10.7. The van der Waals surface area contributed by atoms with Gasteiger partial charge in [0, 0.05) is 21.3 Å². The number of carboxylic acids is 2. The number of hydrogen-bond acceptors (Lipinski definition) is 7. The van der Waals surface area contributed by atoms with E-state index in [2.05, 4.69) is 21.2 Å². The van der Waals surface area contributed by atoms with Crippen LogP contribution in [-0.2, 0) is 4.79 Å². The van der Waals surface area contributed by atoms with Gasteiger partial charge in [-0.25, -0.2) is 9.59 Å². The van der Waals surface area contributed by atoms with Crippen LogP contribution in [-0.4, -0.2) is 46.8 Å². The number of rotatable bonds is 8. The van der Waals surface area contributed by atoms with Crippen molar-refractivity contribution >= 4 is 45.3 Å². The van der Waals surface area contributed by atoms with Crippen LogP contribution in [0.2, 0.25) is 0 Å². The third-order valence-corrected chi connectivity index (χ3v) is 5.63. The highest BCUT2D eigenvalue weighted by molar-refractivity contribution is 9.10. The summed E-state index contributed by atoms with van der Waals surface area (Å²) >= 11 is 3.26. The largest absolute Gasteiger partial charge is 0.493 e. The molecule has 35 heavy (non-hydrogen) atoms. The number of benzene rings is 2. The first kappa shape index (κ1) is 25.3. The van der Waals surface area contributed by atoms with Crippen LogP contribution in [0.1, 0.15) is 26.3 Å². The van der Waals surface area contributed by atoms with E-state index in [0.717, 1.165) is 5.56 Å². The normalized spacial score (nSPS) is 10.5. The number of methoxy groups -OCH3 is 1. The van der Waals surface area contributed by atoms with Gasteiger partial charge in [-0.15, -0.1) is 0 Å². The number of halogens is 1. The molecular formula is C23H20BrN3O8. The summed E-state index contributed by atoms with van der Waals surface area (Å²) in [6, 6.07) is 9.85. The fourth-order valence-electron chi connectivity index (χ4n) is 3.36. The van der Waals surface area contributed by atoms with E-state index in [1.807, 2.05) is 24.0 Å². The molecule has 0 aliphatic rings. The summed E-state index contributed by atoms with van der Waals surface area (Å²) in [5, 5.41) is 22.0. The lowest BCUT2D eigenvalue weighted by atomic mass is 9.95. The Kier molecular flexibility index (Phi) is 7.45. The zero-order chi connectivity index (χ0) is 25.9. The quantitative estimate of drug-likeness (QED) is 0.284. The Labute approximate surface area is 206 Å². The van der Waals surface area contributed by atoms with Crippen LogP contribution >= 0.6 is 15.9 Å². The number of aromatic nitrogens is 1. The molecule has 0 bridgehead atoms. The number of aromatic amines is 1. The van der Waals surface area contributed by atoms with E-state index < -0.39 is 45.9 Å². The first-order chi connectivity index (χ1) is 16.5. The van der Waals surface area contributed by atoms with Gasteiger partial charge in [0.05, 0.1) is 7.11 Å². The Morgan fingerprint density at radius 3 is 2.34 bits per heavy atom. The van der Waals surface area contributed by atoms with Crippen molar-refractivity contribution in [2.45, 2.75) is 6.92 Å². The van der Waals surface area contributed by atoms with Crippen molar-refractivity contribution in [3.63, 3.8) is 0 Å². The maximum atomic E-state index is 12.4. The van der Waals surface area contributed by atoms with Gasteiger partial charge in [-0.2, -0.15) is 0 Å². The fourth-order valence-corrected chi connectivity index (χ4v) is 3.88. The van der Waals surface area contributed by atoms with E-state index in [4.69, 9.17) is 15.2 Å². The van der Waals surface area contributed by atoms with Crippen molar-refractivity contribution in [1.29, 1.82) is 0 Å². The number of nitrogens with one attached hydrogen (secondary N) is 2. The summed E-state index contributed by atoms with van der Waals surface area (Å²) in [5.74, 6) is -3.99. The van der Waals surface area contributed by atoms with Crippen LogP contribution in [0.3, 0.4) is 0 Å². The van der Waals surface area contributed by atoms with Crippen molar-refractivity contribution in [2.75, 3.05) is 24.8 Å².